The number of likely N-dealkylation sites (tertiary alicyclic amines) is 1. The van der Waals surface area contributed by atoms with Gasteiger partial charge in [-0.15, -0.1) is 11.8 Å². The summed E-state index contributed by atoms with van der Waals surface area (Å²) in [5.41, 5.74) is 3.67. The summed E-state index contributed by atoms with van der Waals surface area (Å²) in [6, 6.07) is 6.60. The van der Waals surface area contributed by atoms with Gasteiger partial charge in [0.05, 0.1) is 18.2 Å². The third-order valence-corrected chi connectivity index (χ3v) is 10.3. The predicted octanol–water partition coefficient (Wildman–Crippen LogP) is 4.23. The van der Waals surface area contributed by atoms with Crippen LogP contribution in [0.2, 0.25) is 0 Å². The standard InChI is InChI=1S/C29H35F3N4O2S/c30-29(31,32)22-3-1-19-6-10-35(15-21(19)13-22)18-28(37)34-25-16-36(23-7-11-38-12-8-23)17-27(25)39-26-4-2-20-5-9-33-14-24(20)26/h1,3,5,9,13-14,23,25-27H,2,4,6-8,10-12,15-18H2,(H,34,37)/t25?,26?,27-/m0/s1. The van der Waals surface area contributed by atoms with Gasteiger partial charge in [-0.25, -0.2) is 0 Å². The molecule has 2 aromatic rings. The van der Waals surface area contributed by atoms with E-state index >= 15 is 0 Å². The molecule has 3 atom stereocenters. The highest BCUT2D eigenvalue weighted by molar-refractivity contribution is 8.00. The maximum atomic E-state index is 13.3. The van der Waals surface area contributed by atoms with E-state index in [1.165, 1.54) is 17.2 Å². The van der Waals surface area contributed by atoms with Gasteiger partial charge in [0, 0.05) is 68.3 Å². The minimum atomic E-state index is -4.37. The number of alkyl halides is 3. The highest BCUT2D eigenvalue weighted by atomic mass is 32.2. The summed E-state index contributed by atoms with van der Waals surface area (Å²) in [6.07, 6.45) is 4.33. The summed E-state index contributed by atoms with van der Waals surface area (Å²) in [7, 11) is 0. The molecule has 4 aliphatic rings. The molecule has 3 aliphatic heterocycles. The van der Waals surface area contributed by atoms with Crippen LogP contribution in [0, 0.1) is 0 Å². The Morgan fingerprint density at radius 2 is 1.92 bits per heavy atom. The predicted molar refractivity (Wildman–Crippen MR) is 144 cm³/mol. The normalized spacial score (nSPS) is 26.4. The van der Waals surface area contributed by atoms with Gasteiger partial charge in [0.15, 0.2) is 0 Å². The number of nitrogens with zero attached hydrogens (tertiary/aromatic N) is 3. The van der Waals surface area contributed by atoms with E-state index in [-0.39, 0.29) is 23.7 Å². The molecule has 10 heteroatoms. The molecule has 1 aromatic heterocycles. The molecule has 1 aliphatic carbocycles. The maximum absolute atomic E-state index is 13.3. The minimum Gasteiger partial charge on any atom is -0.381 e. The van der Waals surface area contributed by atoms with Gasteiger partial charge in [-0.2, -0.15) is 13.2 Å². The quantitative estimate of drug-likeness (QED) is 0.571. The summed E-state index contributed by atoms with van der Waals surface area (Å²) < 4.78 is 45.3. The van der Waals surface area contributed by atoms with Crippen LogP contribution in [0.3, 0.4) is 0 Å². The lowest BCUT2D eigenvalue weighted by Gasteiger charge is -2.31. The number of nitrogens with one attached hydrogen (secondary N) is 1. The first-order valence-electron chi connectivity index (χ1n) is 13.9. The number of benzene rings is 1. The van der Waals surface area contributed by atoms with Crippen LogP contribution in [-0.4, -0.2) is 77.4 Å². The molecule has 2 unspecified atom stereocenters. The number of halogens is 3. The number of hydrogen-bond donors (Lipinski definition) is 1. The van der Waals surface area contributed by atoms with Gasteiger partial charge in [-0.05, 0) is 72.6 Å². The van der Waals surface area contributed by atoms with Crippen molar-refractivity contribution in [3.8, 4) is 0 Å². The largest absolute Gasteiger partial charge is 0.416 e. The second-order valence-electron chi connectivity index (χ2n) is 11.2. The van der Waals surface area contributed by atoms with Gasteiger partial charge in [0.2, 0.25) is 5.91 Å². The number of fused-ring (bicyclic) bond motifs is 2. The fourth-order valence-electron chi connectivity index (χ4n) is 6.56. The van der Waals surface area contributed by atoms with Gasteiger partial charge in [0.25, 0.3) is 0 Å². The number of aromatic nitrogens is 1. The Balaban J connectivity index is 1.11. The average molecular weight is 561 g/mol. The summed E-state index contributed by atoms with van der Waals surface area (Å²) in [5, 5.41) is 3.98. The first kappa shape index (κ1) is 27.1. The lowest BCUT2D eigenvalue weighted by Crippen LogP contribution is -2.47. The number of carbonyl (C=O) groups is 1. The molecule has 210 valence electrons. The molecule has 1 aromatic carbocycles. The first-order valence-corrected chi connectivity index (χ1v) is 14.9. The second-order valence-corrected chi connectivity index (χ2v) is 12.6. The average Bonchev–Trinajstić information content (AvgIpc) is 3.52. The number of hydrogen-bond acceptors (Lipinski definition) is 6. The van der Waals surface area contributed by atoms with Crippen LogP contribution in [0.4, 0.5) is 13.2 Å². The van der Waals surface area contributed by atoms with Crippen molar-refractivity contribution < 1.29 is 22.7 Å². The van der Waals surface area contributed by atoms with E-state index in [4.69, 9.17) is 4.74 Å². The molecule has 6 rings (SSSR count). The highest BCUT2D eigenvalue weighted by Gasteiger charge is 2.40. The van der Waals surface area contributed by atoms with Gasteiger partial charge >= 0.3 is 6.18 Å². The van der Waals surface area contributed by atoms with Gasteiger partial charge in [-0.1, -0.05) is 6.07 Å². The molecule has 4 heterocycles. The molecule has 0 saturated carbocycles. The maximum Gasteiger partial charge on any atom is 0.416 e. The van der Waals surface area contributed by atoms with Crippen LogP contribution in [0.5, 0.6) is 0 Å². The van der Waals surface area contributed by atoms with Crippen molar-refractivity contribution >= 4 is 17.7 Å². The Morgan fingerprint density at radius 3 is 2.74 bits per heavy atom. The fraction of sp³-hybridized carbons (Fsp3) is 0.586. The highest BCUT2D eigenvalue weighted by Crippen LogP contribution is 2.45. The number of rotatable bonds is 6. The van der Waals surface area contributed by atoms with E-state index in [9.17, 15) is 18.0 Å². The van der Waals surface area contributed by atoms with E-state index in [1.54, 1.807) is 6.07 Å². The topological polar surface area (TPSA) is 57.7 Å². The number of amides is 1. The second kappa shape index (κ2) is 11.4. The van der Waals surface area contributed by atoms with Crippen LogP contribution in [0.1, 0.15) is 52.3 Å². The lowest BCUT2D eigenvalue weighted by molar-refractivity contribution is -0.137. The van der Waals surface area contributed by atoms with Crippen LogP contribution in [-0.2, 0) is 35.1 Å². The van der Waals surface area contributed by atoms with E-state index in [0.717, 1.165) is 63.6 Å². The molecule has 39 heavy (non-hydrogen) atoms. The van der Waals surface area contributed by atoms with E-state index in [1.807, 2.05) is 29.1 Å². The monoisotopic (exact) mass is 560 g/mol. The van der Waals surface area contributed by atoms with Crippen molar-refractivity contribution in [3.05, 3.63) is 64.5 Å². The molecule has 0 radical (unpaired) electrons. The van der Waals surface area contributed by atoms with E-state index in [0.29, 0.717) is 36.4 Å². The number of aryl methyl sites for hydroxylation is 1. The summed E-state index contributed by atoms with van der Waals surface area (Å²) in [5.74, 6) is -0.0525. The molecule has 6 nitrogen and oxygen atoms in total. The third kappa shape index (κ3) is 6.14. The van der Waals surface area contributed by atoms with Crippen LogP contribution < -0.4 is 5.32 Å². The zero-order chi connectivity index (χ0) is 27.0. The Morgan fingerprint density at radius 1 is 1.08 bits per heavy atom. The molecule has 0 bridgehead atoms. The zero-order valence-corrected chi connectivity index (χ0v) is 22.8. The van der Waals surface area contributed by atoms with Crippen LogP contribution in [0.25, 0.3) is 0 Å². The Hall–Kier alpha value is -2.14. The molecule has 0 spiro atoms. The number of ether oxygens (including phenoxy) is 1. The van der Waals surface area contributed by atoms with E-state index in [2.05, 4.69) is 21.3 Å². The lowest BCUT2D eigenvalue weighted by atomic mass is 9.97. The fourth-order valence-corrected chi connectivity index (χ4v) is 8.21. The third-order valence-electron chi connectivity index (χ3n) is 8.65. The Kier molecular flexibility index (Phi) is 7.90. The van der Waals surface area contributed by atoms with Crippen LogP contribution in [0.15, 0.2) is 36.7 Å². The van der Waals surface area contributed by atoms with Gasteiger partial charge in [0.1, 0.15) is 0 Å². The summed E-state index contributed by atoms with van der Waals surface area (Å²) >= 11 is 1.97. The summed E-state index contributed by atoms with van der Waals surface area (Å²) in [6.45, 7) is 4.53. The summed E-state index contributed by atoms with van der Waals surface area (Å²) in [4.78, 5) is 22.1. The number of carbonyl (C=O) groups excluding carboxylic acids is 1. The molecule has 1 N–H and O–H groups in total. The SMILES string of the molecule is O=C(CN1CCc2ccc(C(F)(F)F)cc2C1)NC1CN(C2CCOCC2)C[C@@H]1SC1CCc2ccncc21. The van der Waals surface area contributed by atoms with Crippen molar-refractivity contribution in [3.63, 3.8) is 0 Å². The molecular weight excluding hydrogens is 525 g/mol. The smallest absolute Gasteiger partial charge is 0.381 e. The Bertz CT molecular complexity index is 1190. The molecular formula is C29H35F3N4O2S. The van der Waals surface area contributed by atoms with Gasteiger partial charge in [-0.3, -0.25) is 19.6 Å². The van der Waals surface area contributed by atoms with Crippen molar-refractivity contribution in [2.75, 3.05) is 39.4 Å². The molecule has 1 amide bonds. The molecule has 2 saturated heterocycles. The molecule has 2 fully saturated rings. The number of thioether (sulfide) groups is 1. The Labute approximate surface area is 231 Å². The van der Waals surface area contributed by atoms with Crippen molar-refractivity contribution in [2.45, 2.75) is 67.4 Å². The van der Waals surface area contributed by atoms with Gasteiger partial charge < -0.3 is 10.1 Å². The van der Waals surface area contributed by atoms with Crippen molar-refractivity contribution in [1.29, 1.82) is 0 Å². The van der Waals surface area contributed by atoms with E-state index < -0.39 is 11.7 Å². The number of pyridine rings is 1. The first-order chi connectivity index (χ1) is 18.8. The van der Waals surface area contributed by atoms with Crippen LogP contribution >= 0.6 is 11.8 Å². The van der Waals surface area contributed by atoms with Crippen molar-refractivity contribution in [2.24, 2.45) is 0 Å². The van der Waals surface area contributed by atoms with Crippen molar-refractivity contribution in [1.82, 2.24) is 20.1 Å². The minimum absolute atomic E-state index is 0.0278. The zero-order valence-electron chi connectivity index (χ0n) is 22.0.